The molecule has 2 amide bonds. The maximum absolute atomic E-state index is 11.9. The van der Waals surface area contributed by atoms with Crippen molar-refractivity contribution in [3.05, 3.63) is 75.8 Å². The number of non-ortho nitro benzene ring substituents is 1. The molecule has 0 heterocycles. The lowest BCUT2D eigenvalue weighted by molar-refractivity contribution is -0.384. The van der Waals surface area contributed by atoms with Gasteiger partial charge in [-0.15, -0.1) is 0 Å². The van der Waals surface area contributed by atoms with E-state index in [4.69, 9.17) is 0 Å². The standard InChI is InChI=1S/C17H17N3O5/c21-15(12-5-2-1-3-6-12)10-18-16(22)11-19-17(23)13-7-4-8-14(9-13)20(24)25/h1-9,15,21H,10-11H2,(H,18,22)(H,19,23). The predicted octanol–water partition coefficient (Wildman–Crippen LogP) is 1.17. The van der Waals surface area contributed by atoms with E-state index in [1.54, 1.807) is 24.3 Å². The molecular weight excluding hydrogens is 326 g/mol. The second-order valence-corrected chi connectivity index (χ2v) is 5.22. The van der Waals surface area contributed by atoms with Crippen LogP contribution in [0.4, 0.5) is 5.69 Å². The van der Waals surface area contributed by atoms with Gasteiger partial charge in [-0.3, -0.25) is 19.7 Å². The van der Waals surface area contributed by atoms with Gasteiger partial charge in [0.25, 0.3) is 11.6 Å². The molecule has 0 aliphatic heterocycles. The summed E-state index contributed by atoms with van der Waals surface area (Å²) < 4.78 is 0. The zero-order valence-corrected chi connectivity index (χ0v) is 13.2. The second-order valence-electron chi connectivity index (χ2n) is 5.22. The monoisotopic (exact) mass is 343 g/mol. The lowest BCUT2D eigenvalue weighted by Gasteiger charge is -2.12. The Hall–Kier alpha value is -3.26. The van der Waals surface area contributed by atoms with Gasteiger partial charge in [-0.05, 0) is 11.6 Å². The van der Waals surface area contributed by atoms with E-state index in [2.05, 4.69) is 10.6 Å². The molecule has 8 nitrogen and oxygen atoms in total. The van der Waals surface area contributed by atoms with Gasteiger partial charge in [-0.2, -0.15) is 0 Å². The largest absolute Gasteiger partial charge is 0.387 e. The maximum Gasteiger partial charge on any atom is 0.270 e. The van der Waals surface area contributed by atoms with Gasteiger partial charge >= 0.3 is 0 Å². The van der Waals surface area contributed by atoms with Gasteiger partial charge < -0.3 is 15.7 Å². The summed E-state index contributed by atoms with van der Waals surface area (Å²) in [6, 6.07) is 14.1. The average Bonchev–Trinajstić information content (AvgIpc) is 2.64. The van der Waals surface area contributed by atoms with Crippen LogP contribution in [0.5, 0.6) is 0 Å². The first-order chi connectivity index (χ1) is 12.0. The summed E-state index contributed by atoms with van der Waals surface area (Å²) in [6.45, 7) is -0.293. The molecule has 0 bridgehead atoms. The van der Waals surface area contributed by atoms with Crippen LogP contribution in [0.15, 0.2) is 54.6 Å². The highest BCUT2D eigenvalue weighted by atomic mass is 16.6. The van der Waals surface area contributed by atoms with Gasteiger partial charge in [0.2, 0.25) is 5.91 Å². The number of hydrogen-bond acceptors (Lipinski definition) is 5. The van der Waals surface area contributed by atoms with Crippen LogP contribution in [0, 0.1) is 10.1 Å². The number of aliphatic hydroxyl groups is 1. The van der Waals surface area contributed by atoms with E-state index in [0.29, 0.717) is 5.56 Å². The minimum Gasteiger partial charge on any atom is -0.387 e. The number of carbonyl (C=O) groups is 2. The summed E-state index contributed by atoms with van der Waals surface area (Å²) in [6.07, 6.45) is -0.849. The number of hydrogen-bond donors (Lipinski definition) is 3. The van der Waals surface area contributed by atoms with E-state index in [0.717, 1.165) is 6.07 Å². The molecule has 130 valence electrons. The number of amides is 2. The van der Waals surface area contributed by atoms with Crippen molar-refractivity contribution in [2.45, 2.75) is 6.10 Å². The highest BCUT2D eigenvalue weighted by molar-refractivity contribution is 5.96. The van der Waals surface area contributed by atoms with Crippen molar-refractivity contribution in [2.24, 2.45) is 0 Å². The van der Waals surface area contributed by atoms with Crippen molar-refractivity contribution >= 4 is 17.5 Å². The zero-order chi connectivity index (χ0) is 18.2. The third kappa shape index (κ3) is 5.40. The highest BCUT2D eigenvalue weighted by Crippen LogP contribution is 2.13. The fraction of sp³-hybridized carbons (Fsp3) is 0.176. The number of carbonyl (C=O) groups excluding carboxylic acids is 2. The number of rotatable bonds is 7. The molecule has 0 saturated heterocycles. The molecule has 0 spiro atoms. The highest BCUT2D eigenvalue weighted by Gasteiger charge is 2.13. The van der Waals surface area contributed by atoms with E-state index < -0.39 is 22.8 Å². The number of nitro benzene ring substituents is 1. The molecule has 0 fully saturated rings. The Balaban J connectivity index is 1.80. The van der Waals surface area contributed by atoms with E-state index in [-0.39, 0.29) is 24.3 Å². The van der Waals surface area contributed by atoms with Crippen molar-refractivity contribution in [2.75, 3.05) is 13.1 Å². The third-order valence-corrected chi connectivity index (χ3v) is 3.41. The Morgan fingerprint density at radius 3 is 2.48 bits per heavy atom. The number of nitrogens with one attached hydrogen (secondary N) is 2. The zero-order valence-electron chi connectivity index (χ0n) is 13.2. The normalized spacial score (nSPS) is 11.4. The van der Waals surface area contributed by atoms with Crippen molar-refractivity contribution in [3.63, 3.8) is 0 Å². The van der Waals surface area contributed by atoms with Crippen LogP contribution in [0.25, 0.3) is 0 Å². The molecule has 0 aromatic heterocycles. The summed E-state index contributed by atoms with van der Waals surface area (Å²) in [4.78, 5) is 33.8. The Morgan fingerprint density at radius 1 is 1.08 bits per heavy atom. The molecule has 1 atom stereocenters. The number of benzene rings is 2. The van der Waals surface area contributed by atoms with Crippen molar-refractivity contribution in [3.8, 4) is 0 Å². The fourth-order valence-corrected chi connectivity index (χ4v) is 2.09. The van der Waals surface area contributed by atoms with Gasteiger partial charge in [-0.1, -0.05) is 36.4 Å². The van der Waals surface area contributed by atoms with Crippen molar-refractivity contribution in [1.82, 2.24) is 10.6 Å². The van der Waals surface area contributed by atoms with Gasteiger partial charge in [-0.25, -0.2) is 0 Å². The Bertz CT molecular complexity index is 764. The van der Waals surface area contributed by atoms with Gasteiger partial charge in [0.05, 0.1) is 17.6 Å². The van der Waals surface area contributed by atoms with E-state index >= 15 is 0 Å². The SMILES string of the molecule is O=C(CNC(=O)c1cccc([N+](=O)[O-])c1)NCC(O)c1ccccc1. The van der Waals surface area contributed by atoms with Gasteiger partial charge in [0.15, 0.2) is 0 Å². The summed E-state index contributed by atoms with van der Waals surface area (Å²) in [5.74, 6) is -1.07. The van der Waals surface area contributed by atoms with Crippen LogP contribution in [-0.2, 0) is 4.79 Å². The first-order valence-electron chi connectivity index (χ1n) is 7.49. The molecule has 1 unspecified atom stereocenters. The number of nitrogens with zero attached hydrogens (tertiary/aromatic N) is 1. The molecule has 2 rings (SSSR count). The quantitative estimate of drug-likeness (QED) is 0.515. The maximum atomic E-state index is 11.9. The van der Waals surface area contributed by atoms with Gasteiger partial charge in [0, 0.05) is 24.2 Å². The molecule has 3 N–H and O–H groups in total. The Kier molecular flexibility index (Phi) is 6.19. The molecule has 2 aromatic carbocycles. The summed E-state index contributed by atoms with van der Waals surface area (Å²) >= 11 is 0. The van der Waals surface area contributed by atoms with E-state index in [1.807, 2.05) is 6.07 Å². The van der Waals surface area contributed by atoms with Gasteiger partial charge in [0.1, 0.15) is 0 Å². The second kappa shape index (κ2) is 8.55. The third-order valence-electron chi connectivity index (χ3n) is 3.41. The minimum absolute atomic E-state index is 0.00945. The predicted molar refractivity (Wildman–Crippen MR) is 89.8 cm³/mol. The van der Waals surface area contributed by atoms with Crippen LogP contribution < -0.4 is 10.6 Å². The van der Waals surface area contributed by atoms with Crippen LogP contribution >= 0.6 is 0 Å². The summed E-state index contributed by atoms with van der Waals surface area (Å²) in [7, 11) is 0. The molecule has 0 aliphatic carbocycles. The molecule has 0 aliphatic rings. The van der Waals surface area contributed by atoms with E-state index in [9.17, 15) is 24.8 Å². The smallest absolute Gasteiger partial charge is 0.270 e. The lowest BCUT2D eigenvalue weighted by atomic mass is 10.1. The summed E-state index contributed by atoms with van der Waals surface area (Å²) in [5, 5.41) is 25.5. The topological polar surface area (TPSA) is 122 Å². The average molecular weight is 343 g/mol. The number of nitro groups is 1. The molecule has 0 radical (unpaired) electrons. The summed E-state index contributed by atoms with van der Waals surface area (Å²) in [5.41, 5.74) is 0.554. The van der Waals surface area contributed by atoms with Crippen LogP contribution in [0.1, 0.15) is 22.0 Å². The Morgan fingerprint density at radius 2 is 1.80 bits per heavy atom. The van der Waals surface area contributed by atoms with Crippen LogP contribution in [-0.4, -0.2) is 34.9 Å². The fourth-order valence-electron chi connectivity index (χ4n) is 2.09. The van der Waals surface area contributed by atoms with Crippen LogP contribution in [0.3, 0.4) is 0 Å². The Labute approximate surface area is 143 Å². The van der Waals surface area contributed by atoms with Crippen molar-refractivity contribution < 1.29 is 19.6 Å². The van der Waals surface area contributed by atoms with Crippen LogP contribution in [0.2, 0.25) is 0 Å². The van der Waals surface area contributed by atoms with Crippen molar-refractivity contribution in [1.29, 1.82) is 0 Å². The minimum atomic E-state index is -0.849. The molecule has 25 heavy (non-hydrogen) atoms. The molecule has 2 aromatic rings. The molecular formula is C17H17N3O5. The lowest BCUT2D eigenvalue weighted by Crippen LogP contribution is -2.38. The first kappa shape index (κ1) is 18.1. The number of aliphatic hydroxyl groups excluding tert-OH is 1. The molecule has 0 saturated carbocycles. The first-order valence-corrected chi connectivity index (χ1v) is 7.49. The molecule has 8 heteroatoms. The van der Waals surface area contributed by atoms with E-state index in [1.165, 1.54) is 18.2 Å².